The van der Waals surface area contributed by atoms with E-state index in [4.69, 9.17) is 14.2 Å². The highest BCUT2D eigenvalue weighted by molar-refractivity contribution is 5.82. The lowest BCUT2D eigenvalue weighted by Gasteiger charge is -2.25. The summed E-state index contributed by atoms with van der Waals surface area (Å²) in [4.78, 5) is 40.5. The summed E-state index contributed by atoms with van der Waals surface area (Å²) >= 11 is 0. The fourth-order valence-corrected chi connectivity index (χ4v) is 8.46. The lowest BCUT2D eigenvalue weighted by atomic mass is 10.0. The van der Waals surface area contributed by atoms with E-state index in [2.05, 4.69) is 57.3 Å². The van der Waals surface area contributed by atoms with Crippen LogP contribution in [-0.2, 0) is 23.8 Å². The van der Waals surface area contributed by atoms with Crippen molar-refractivity contribution in [2.24, 2.45) is 0 Å². The molecule has 382 valence electrons. The summed E-state index contributed by atoms with van der Waals surface area (Å²) in [7, 11) is 0. The minimum atomic E-state index is -1.01. The second-order valence-corrected chi connectivity index (χ2v) is 20.4. The van der Waals surface area contributed by atoms with Gasteiger partial charge in [-0.15, -0.1) is 0 Å². The van der Waals surface area contributed by atoms with E-state index in [1.54, 1.807) is 20.8 Å². The number of nitrogens with one attached hydrogen (secondary N) is 1. The van der Waals surface area contributed by atoms with Gasteiger partial charge in [-0.3, -0.25) is 4.79 Å². The predicted octanol–water partition coefficient (Wildman–Crippen LogP) is 18.5. The van der Waals surface area contributed by atoms with Crippen LogP contribution in [0.5, 0.6) is 0 Å². The van der Waals surface area contributed by atoms with Crippen molar-refractivity contribution in [3.05, 3.63) is 24.3 Å². The van der Waals surface area contributed by atoms with Crippen LogP contribution in [0.25, 0.3) is 0 Å². The molecular weight excluding hydrogens is 807 g/mol. The Morgan fingerprint density at radius 1 is 0.415 bits per heavy atom. The summed E-state index contributed by atoms with van der Waals surface area (Å²) in [6.07, 6.45) is 53.2. The van der Waals surface area contributed by atoms with Gasteiger partial charge in [0.1, 0.15) is 23.9 Å². The van der Waals surface area contributed by atoms with Gasteiger partial charge in [-0.1, -0.05) is 219 Å². The maximum atomic E-state index is 14.0. The number of esters is 2. The molecule has 0 radical (unpaired) electrons. The van der Waals surface area contributed by atoms with Gasteiger partial charge in [-0.25, -0.2) is 9.59 Å². The van der Waals surface area contributed by atoms with Crippen molar-refractivity contribution in [3.63, 3.8) is 0 Å². The Morgan fingerprint density at radius 3 is 1.14 bits per heavy atom. The summed E-state index contributed by atoms with van der Waals surface area (Å²) in [6, 6.07) is -1.01. The fraction of sp³-hybridized carbons (Fsp3) is 0.879. The predicted molar refractivity (Wildman–Crippen MR) is 279 cm³/mol. The average molecular weight is 917 g/mol. The molecule has 2 unspecified atom stereocenters. The fourth-order valence-electron chi connectivity index (χ4n) is 8.46. The highest BCUT2D eigenvalue weighted by Gasteiger charge is 2.29. The second kappa shape index (κ2) is 46.8. The molecule has 7 heteroatoms. The molecule has 0 rings (SSSR count). The lowest BCUT2D eigenvalue weighted by molar-refractivity contribution is -0.154. The summed E-state index contributed by atoms with van der Waals surface area (Å²) in [5.41, 5.74) is -0.732. The molecule has 65 heavy (non-hydrogen) atoms. The van der Waals surface area contributed by atoms with Crippen LogP contribution in [-0.4, -0.2) is 41.9 Å². The maximum absolute atomic E-state index is 14.0. The molecule has 0 fully saturated rings. The summed E-state index contributed by atoms with van der Waals surface area (Å²) in [6.45, 7) is 14.4. The van der Waals surface area contributed by atoms with Gasteiger partial charge in [-0.2, -0.15) is 0 Å². The molecule has 0 saturated carbocycles. The number of amides is 1. The number of hydrogen-bond acceptors (Lipinski definition) is 6. The lowest BCUT2D eigenvalue weighted by Crippen LogP contribution is -2.45. The van der Waals surface area contributed by atoms with Crippen LogP contribution in [0.1, 0.15) is 305 Å². The number of carbonyl (C=O) groups excluding carboxylic acids is 3. The molecule has 0 aliphatic heterocycles. The number of allylic oxidation sites excluding steroid dienone is 4. The quantitative estimate of drug-likeness (QED) is 0.0283. The van der Waals surface area contributed by atoms with E-state index in [1.165, 1.54) is 167 Å². The van der Waals surface area contributed by atoms with Crippen LogP contribution in [0.4, 0.5) is 4.79 Å². The van der Waals surface area contributed by atoms with Gasteiger partial charge in [-0.05, 0) is 104 Å². The molecule has 0 aromatic carbocycles. The molecule has 0 spiro atoms. The van der Waals surface area contributed by atoms with E-state index in [0.717, 1.165) is 77.0 Å². The molecular formula is C58H109NO6. The van der Waals surface area contributed by atoms with Crippen LogP contribution in [0.15, 0.2) is 24.3 Å². The molecule has 0 saturated heterocycles. The first-order valence-corrected chi connectivity index (χ1v) is 28.3. The number of ether oxygens (including phenoxy) is 3. The normalized spacial score (nSPS) is 13.3. The molecule has 0 aromatic rings. The molecule has 0 aliphatic carbocycles. The van der Waals surface area contributed by atoms with Gasteiger partial charge < -0.3 is 19.5 Å². The van der Waals surface area contributed by atoms with Crippen molar-refractivity contribution in [2.45, 2.75) is 329 Å². The highest BCUT2D eigenvalue weighted by atomic mass is 16.6. The van der Waals surface area contributed by atoms with Gasteiger partial charge in [0.15, 0.2) is 0 Å². The smallest absolute Gasteiger partial charge is 0.408 e. The summed E-state index contributed by atoms with van der Waals surface area (Å²) in [5.74, 6) is -0.827. The first-order valence-electron chi connectivity index (χ1n) is 28.3. The topological polar surface area (TPSA) is 90.9 Å². The van der Waals surface area contributed by atoms with E-state index in [1.807, 2.05) is 0 Å². The van der Waals surface area contributed by atoms with E-state index in [-0.39, 0.29) is 31.0 Å². The minimum Gasteiger partial charge on any atom is -0.462 e. The molecule has 1 amide bonds. The van der Waals surface area contributed by atoms with Crippen LogP contribution in [0.2, 0.25) is 0 Å². The maximum Gasteiger partial charge on any atom is 0.408 e. The van der Waals surface area contributed by atoms with Crippen LogP contribution >= 0.6 is 0 Å². The summed E-state index contributed by atoms with van der Waals surface area (Å²) < 4.78 is 17.9. The Kier molecular flexibility index (Phi) is 45.1. The first-order chi connectivity index (χ1) is 31.6. The van der Waals surface area contributed by atoms with Gasteiger partial charge in [0.05, 0.1) is 0 Å². The number of carbonyl (C=O) groups is 3. The zero-order chi connectivity index (χ0) is 47.9. The van der Waals surface area contributed by atoms with Gasteiger partial charge in [0.2, 0.25) is 0 Å². The molecule has 0 aromatic heterocycles. The number of rotatable bonds is 47. The van der Waals surface area contributed by atoms with Gasteiger partial charge in [0, 0.05) is 6.42 Å². The monoisotopic (exact) mass is 916 g/mol. The second-order valence-electron chi connectivity index (χ2n) is 20.4. The SMILES string of the molecule is CCCCC/C=C\CCC(CCCCCCCCCCCCCC)OC(=O)CC[C@H](NC(=O)OC(C)(C)C)C(=O)OC(CC/C=C\CCCCC)CCCCCCCCCCCCCC. The van der Waals surface area contributed by atoms with E-state index in [0.29, 0.717) is 0 Å². The van der Waals surface area contributed by atoms with E-state index < -0.39 is 23.7 Å². The van der Waals surface area contributed by atoms with Crippen LogP contribution < -0.4 is 5.32 Å². The highest BCUT2D eigenvalue weighted by Crippen LogP contribution is 2.21. The van der Waals surface area contributed by atoms with Crippen molar-refractivity contribution in [3.8, 4) is 0 Å². The molecule has 0 aliphatic rings. The van der Waals surface area contributed by atoms with Crippen LogP contribution in [0, 0.1) is 0 Å². The zero-order valence-corrected chi connectivity index (χ0v) is 44.3. The number of hydrogen-bond donors (Lipinski definition) is 1. The van der Waals surface area contributed by atoms with Crippen molar-refractivity contribution in [1.29, 1.82) is 0 Å². The standard InChI is InChI=1S/C58H109NO6/c1-8-12-16-20-24-26-28-30-32-36-40-43-47-52(46-42-38-34-22-18-14-10-3)63-55(60)51-50-54(59-57(62)65-58(5,6)7)56(61)64-53(48-44-39-35-23-19-15-11-4)49-45-41-37-33-31-29-27-25-21-17-13-9-2/h34-35,38-39,52-54H,8-33,36-37,40-51H2,1-7H3,(H,59,62)/b38-34-,39-35-/t52?,53?,54-/m0/s1. The van der Waals surface area contributed by atoms with Crippen molar-refractivity contribution in [2.75, 3.05) is 0 Å². The molecule has 0 heterocycles. The van der Waals surface area contributed by atoms with Crippen molar-refractivity contribution >= 4 is 18.0 Å². The average Bonchev–Trinajstić information content (AvgIpc) is 3.26. The molecule has 3 atom stereocenters. The number of unbranched alkanes of at least 4 members (excludes halogenated alkanes) is 28. The third-order valence-corrected chi connectivity index (χ3v) is 12.5. The zero-order valence-electron chi connectivity index (χ0n) is 44.3. The van der Waals surface area contributed by atoms with E-state index in [9.17, 15) is 14.4 Å². The first kappa shape index (κ1) is 62.7. The summed E-state index contributed by atoms with van der Waals surface area (Å²) in [5, 5.41) is 2.77. The molecule has 0 bridgehead atoms. The Hall–Kier alpha value is -2.31. The minimum absolute atomic E-state index is 0.0151. The largest absolute Gasteiger partial charge is 0.462 e. The number of alkyl carbamates (subject to hydrolysis) is 1. The third kappa shape index (κ3) is 45.3. The Labute approximate surface area is 404 Å². The third-order valence-electron chi connectivity index (χ3n) is 12.5. The van der Waals surface area contributed by atoms with E-state index >= 15 is 0 Å². The van der Waals surface area contributed by atoms with Crippen molar-refractivity contribution in [1.82, 2.24) is 5.32 Å². The van der Waals surface area contributed by atoms with Crippen LogP contribution in [0.3, 0.4) is 0 Å². The van der Waals surface area contributed by atoms with Gasteiger partial charge in [0.25, 0.3) is 0 Å². The van der Waals surface area contributed by atoms with Crippen molar-refractivity contribution < 1.29 is 28.6 Å². The Bertz CT molecular complexity index is 1130. The Balaban J connectivity index is 5.48. The molecule has 7 nitrogen and oxygen atoms in total. The molecule has 1 N–H and O–H groups in total. The van der Waals surface area contributed by atoms with Gasteiger partial charge >= 0.3 is 18.0 Å². The Morgan fingerprint density at radius 2 is 0.754 bits per heavy atom.